The normalized spacial score (nSPS) is 17.1. The monoisotopic (exact) mass is 571 g/mol. The van der Waals surface area contributed by atoms with E-state index in [-0.39, 0.29) is 18.0 Å². The van der Waals surface area contributed by atoms with Crippen molar-refractivity contribution >= 4 is 29.5 Å². The number of anilines is 2. The second kappa shape index (κ2) is 15.1. The summed E-state index contributed by atoms with van der Waals surface area (Å²) < 4.78 is 0. The molecule has 1 atom stereocenters. The maximum atomic E-state index is 13.9. The number of imide groups is 1. The summed E-state index contributed by atoms with van der Waals surface area (Å²) in [7, 11) is 3.87. The first-order chi connectivity index (χ1) is 20.4. The zero-order chi connectivity index (χ0) is 29.9. The molecule has 1 aromatic heterocycles. The Morgan fingerprint density at radius 1 is 0.857 bits per heavy atom. The van der Waals surface area contributed by atoms with Gasteiger partial charge in [0.05, 0.1) is 0 Å². The molecular formula is C32H41N7O3. The van der Waals surface area contributed by atoms with E-state index >= 15 is 0 Å². The molecule has 1 aliphatic rings. The van der Waals surface area contributed by atoms with Crippen LogP contribution in [0.4, 0.5) is 11.8 Å². The Morgan fingerprint density at radius 3 is 1.98 bits per heavy atom. The summed E-state index contributed by atoms with van der Waals surface area (Å²) in [6.07, 6.45) is 6.53. The number of amides is 3. The topological polar surface area (TPSA) is 134 Å². The molecule has 4 N–H and O–H groups in total. The SMILES string of the molecule is CN(C)c1ccnc(N[C@H]2CC[C@@H](NC(=O)C(CCCCN)N(C(=O)c3ccccc3)C(=O)c3ccccc3)CC2)n1. The number of hydrogen-bond donors (Lipinski definition) is 3. The Hall–Kier alpha value is -4.31. The van der Waals surface area contributed by atoms with E-state index in [0.717, 1.165) is 36.4 Å². The summed E-state index contributed by atoms with van der Waals surface area (Å²) in [6, 6.07) is 18.3. The van der Waals surface area contributed by atoms with Crippen molar-refractivity contribution in [3.8, 4) is 0 Å². The van der Waals surface area contributed by atoms with Crippen molar-refractivity contribution in [2.24, 2.45) is 5.73 Å². The Bertz CT molecular complexity index is 1260. The number of unbranched alkanes of at least 4 members (excludes halogenated alkanes) is 1. The third kappa shape index (κ3) is 8.13. The van der Waals surface area contributed by atoms with Crippen molar-refractivity contribution in [2.45, 2.75) is 63.1 Å². The molecule has 0 radical (unpaired) electrons. The number of nitrogens with zero attached hydrogens (tertiary/aromatic N) is 4. The molecule has 1 heterocycles. The number of nitrogens with two attached hydrogens (primary N) is 1. The third-order valence-corrected chi connectivity index (χ3v) is 7.53. The molecule has 1 unspecified atom stereocenters. The van der Waals surface area contributed by atoms with Gasteiger partial charge < -0.3 is 21.3 Å². The lowest BCUT2D eigenvalue weighted by molar-refractivity contribution is -0.126. The summed E-state index contributed by atoms with van der Waals surface area (Å²) in [5.74, 6) is 0.103. The molecular weight excluding hydrogens is 530 g/mol. The number of aromatic nitrogens is 2. The van der Waals surface area contributed by atoms with Crippen molar-refractivity contribution < 1.29 is 14.4 Å². The number of benzene rings is 2. The highest BCUT2D eigenvalue weighted by atomic mass is 16.2. The van der Waals surface area contributed by atoms with Crippen molar-refractivity contribution in [3.63, 3.8) is 0 Å². The van der Waals surface area contributed by atoms with E-state index in [1.807, 2.05) is 37.2 Å². The molecule has 10 heteroatoms. The second-order valence-corrected chi connectivity index (χ2v) is 10.8. The van der Waals surface area contributed by atoms with Gasteiger partial charge in [-0.2, -0.15) is 4.98 Å². The van der Waals surface area contributed by atoms with Gasteiger partial charge in [0.15, 0.2) is 0 Å². The van der Waals surface area contributed by atoms with E-state index < -0.39 is 17.9 Å². The van der Waals surface area contributed by atoms with Gasteiger partial charge in [0, 0.05) is 43.5 Å². The zero-order valence-corrected chi connectivity index (χ0v) is 24.4. The van der Waals surface area contributed by atoms with Crippen molar-refractivity contribution in [3.05, 3.63) is 84.1 Å². The zero-order valence-electron chi connectivity index (χ0n) is 24.4. The van der Waals surface area contributed by atoms with Gasteiger partial charge in [-0.15, -0.1) is 0 Å². The minimum Gasteiger partial charge on any atom is -0.363 e. The number of nitrogens with one attached hydrogen (secondary N) is 2. The van der Waals surface area contributed by atoms with E-state index in [1.165, 1.54) is 0 Å². The predicted molar refractivity (Wildman–Crippen MR) is 164 cm³/mol. The molecule has 1 aliphatic carbocycles. The first-order valence-corrected chi connectivity index (χ1v) is 14.6. The Balaban J connectivity index is 1.48. The van der Waals surface area contributed by atoms with Crippen LogP contribution in [0.1, 0.15) is 65.7 Å². The number of carbonyl (C=O) groups is 3. The standard InChI is InChI=1S/C32H41N7O3/c1-38(2)28-20-22-34-32(37-28)36-26-18-16-25(17-19-26)35-29(40)27(15-9-10-21-33)39(30(41)23-11-5-3-6-12-23)31(42)24-13-7-4-8-14-24/h3-8,11-14,20,22,25-27H,9-10,15-19,21,33H2,1-2H3,(H,35,40)(H,34,36,37)/t25-,26+,27?. The average molecular weight is 572 g/mol. The lowest BCUT2D eigenvalue weighted by Crippen LogP contribution is -2.54. The molecule has 4 rings (SSSR count). The molecule has 3 amide bonds. The highest BCUT2D eigenvalue weighted by Crippen LogP contribution is 2.24. The van der Waals surface area contributed by atoms with Crippen molar-refractivity contribution in [1.29, 1.82) is 0 Å². The number of rotatable bonds is 12. The fraction of sp³-hybridized carbons (Fsp3) is 0.406. The summed E-state index contributed by atoms with van der Waals surface area (Å²) in [4.78, 5) is 53.4. The first-order valence-electron chi connectivity index (χ1n) is 14.6. The molecule has 1 fully saturated rings. The van der Waals surface area contributed by atoms with Crippen LogP contribution in [0.15, 0.2) is 72.9 Å². The van der Waals surface area contributed by atoms with Crippen molar-refractivity contribution in [1.82, 2.24) is 20.2 Å². The highest BCUT2D eigenvalue weighted by molar-refractivity contribution is 6.12. The maximum absolute atomic E-state index is 13.9. The van der Waals surface area contributed by atoms with Gasteiger partial charge in [-0.05, 0) is 81.8 Å². The van der Waals surface area contributed by atoms with Crippen LogP contribution < -0.4 is 21.3 Å². The van der Waals surface area contributed by atoms with Gasteiger partial charge in [0.2, 0.25) is 11.9 Å². The van der Waals surface area contributed by atoms with E-state index in [2.05, 4.69) is 20.6 Å². The molecule has 0 aliphatic heterocycles. The molecule has 1 saturated carbocycles. The summed E-state index contributed by atoms with van der Waals surface area (Å²) in [5, 5.41) is 6.59. The van der Waals surface area contributed by atoms with Crippen molar-refractivity contribution in [2.75, 3.05) is 30.9 Å². The number of hydrogen-bond acceptors (Lipinski definition) is 8. The van der Waals surface area contributed by atoms with Crippen LogP contribution in [0.2, 0.25) is 0 Å². The van der Waals surface area contributed by atoms with Gasteiger partial charge in [-0.1, -0.05) is 36.4 Å². The van der Waals surface area contributed by atoms with Gasteiger partial charge in [0.25, 0.3) is 11.8 Å². The minimum atomic E-state index is -0.963. The average Bonchev–Trinajstić information content (AvgIpc) is 3.02. The van der Waals surface area contributed by atoms with Crippen LogP contribution in [-0.4, -0.2) is 71.4 Å². The molecule has 0 spiro atoms. The molecule has 10 nitrogen and oxygen atoms in total. The Morgan fingerprint density at radius 2 is 1.43 bits per heavy atom. The lowest BCUT2D eigenvalue weighted by Gasteiger charge is -2.33. The van der Waals surface area contributed by atoms with E-state index in [0.29, 0.717) is 42.9 Å². The lowest BCUT2D eigenvalue weighted by atomic mass is 9.90. The van der Waals surface area contributed by atoms with E-state index in [9.17, 15) is 14.4 Å². The third-order valence-electron chi connectivity index (χ3n) is 7.53. The Labute approximate surface area is 247 Å². The summed E-state index contributed by atoms with van der Waals surface area (Å²) in [5.41, 5.74) is 6.45. The number of carbonyl (C=O) groups excluding carboxylic acids is 3. The van der Waals surface area contributed by atoms with Gasteiger partial charge >= 0.3 is 0 Å². The van der Waals surface area contributed by atoms with Gasteiger partial charge in [0.1, 0.15) is 11.9 Å². The first kappa shape index (κ1) is 30.6. The van der Waals surface area contributed by atoms with Gasteiger partial charge in [-0.25, -0.2) is 4.98 Å². The summed E-state index contributed by atoms with van der Waals surface area (Å²) in [6.45, 7) is 0.464. The quantitative estimate of drug-likeness (QED) is 0.220. The fourth-order valence-electron chi connectivity index (χ4n) is 5.20. The highest BCUT2D eigenvalue weighted by Gasteiger charge is 2.37. The van der Waals surface area contributed by atoms with Gasteiger partial charge in [-0.3, -0.25) is 19.3 Å². The van der Waals surface area contributed by atoms with Crippen LogP contribution in [-0.2, 0) is 4.79 Å². The minimum absolute atomic E-state index is 0.0675. The molecule has 0 saturated heterocycles. The van der Waals surface area contributed by atoms with Crippen LogP contribution >= 0.6 is 0 Å². The smallest absolute Gasteiger partial charge is 0.261 e. The Kier molecular flexibility index (Phi) is 11.0. The van der Waals surface area contributed by atoms with Crippen LogP contribution in [0.5, 0.6) is 0 Å². The summed E-state index contributed by atoms with van der Waals surface area (Å²) >= 11 is 0. The van der Waals surface area contributed by atoms with E-state index in [1.54, 1.807) is 54.7 Å². The van der Waals surface area contributed by atoms with Crippen LogP contribution in [0.3, 0.4) is 0 Å². The molecule has 222 valence electrons. The van der Waals surface area contributed by atoms with E-state index in [4.69, 9.17) is 5.73 Å². The molecule has 2 aromatic carbocycles. The van der Waals surface area contributed by atoms with Crippen LogP contribution in [0, 0.1) is 0 Å². The molecule has 0 bridgehead atoms. The molecule has 42 heavy (non-hydrogen) atoms. The largest absolute Gasteiger partial charge is 0.363 e. The second-order valence-electron chi connectivity index (χ2n) is 10.8. The predicted octanol–water partition coefficient (Wildman–Crippen LogP) is 3.86. The molecule has 3 aromatic rings. The fourth-order valence-corrected chi connectivity index (χ4v) is 5.20. The maximum Gasteiger partial charge on any atom is 0.261 e. The van der Waals surface area contributed by atoms with Crippen LogP contribution in [0.25, 0.3) is 0 Å².